The Kier molecular flexibility index (Phi) is 4.77. The molecule has 0 aliphatic carbocycles. The second-order valence-electron chi connectivity index (χ2n) is 6.74. The summed E-state index contributed by atoms with van der Waals surface area (Å²) in [5, 5.41) is 9.26. The van der Waals surface area contributed by atoms with Crippen LogP contribution in [0.4, 0.5) is 0 Å². The van der Waals surface area contributed by atoms with Crippen molar-refractivity contribution in [2.75, 3.05) is 0 Å². The van der Waals surface area contributed by atoms with E-state index in [2.05, 4.69) is 58.1 Å². The number of carbonyl (C=O) groups is 1. The van der Waals surface area contributed by atoms with Gasteiger partial charge in [0.05, 0.1) is 16.6 Å². The molecule has 1 heterocycles. The number of aromatic nitrogens is 2. The molecule has 28 heavy (non-hydrogen) atoms. The number of imidazole rings is 1. The summed E-state index contributed by atoms with van der Waals surface area (Å²) in [4.78, 5) is 15.8. The second kappa shape index (κ2) is 7.53. The van der Waals surface area contributed by atoms with Gasteiger partial charge >= 0.3 is 5.97 Å². The lowest BCUT2D eigenvalue weighted by Gasteiger charge is -2.08. The Morgan fingerprint density at radius 3 is 2.32 bits per heavy atom. The maximum atomic E-state index is 11.3. The highest BCUT2D eigenvalue weighted by Gasteiger charge is 2.11. The molecule has 1 aromatic heterocycles. The van der Waals surface area contributed by atoms with Crippen LogP contribution >= 0.6 is 0 Å². The van der Waals surface area contributed by atoms with Crippen molar-refractivity contribution in [2.45, 2.75) is 13.5 Å². The molecule has 138 valence electrons. The van der Waals surface area contributed by atoms with Crippen molar-refractivity contribution < 1.29 is 9.90 Å². The topological polar surface area (TPSA) is 55.1 Å². The zero-order chi connectivity index (χ0) is 19.5. The van der Waals surface area contributed by atoms with Crippen LogP contribution in [-0.4, -0.2) is 20.6 Å². The van der Waals surface area contributed by atoms with Crippen LogP contribution in [0.3, 0.4) is 0 Å². The molecule has 0 saturated carbocycles. The largest absolute Gasteiger partial charge is 0.478 e. The van der Waals surface area contributed by atoms with Gasteiger partial charge in [-0.25, -0.2) is 9.78 Å². The molecule has 0 unspecified atom stereocenters. The summed E-state index contributed by atoms with van der Waals surface area (Å²) in [6.07, 6.45) is 4.19. The number of nitrogens with zero attached hydrogens (tertiary/aromatic N) is 2. The average molecular weight is 368 g/mol. The van der Waals surface area contributed by atoms with E-state index >= 15 is 0 Å². The van der Waals surface area contributed by atoms with Crippen LogP contribution in [0, 0.1) is 6.92 Å². The lowest BCUT2D eigenvalue weighted by Crippen LogP contribution is -2.03. The minimum absolute atomic E-state index is 0.273. The summed E-state index contributed by atoms with van der Waals surface area (Å²) >= 11 is 0. The Labute approximate surface area is 163 Å². The Hall–Kier alpha value is -3.66. The quantitative estimate of drug-likeness (QED) is 0.489. The summed E-state index contributed by atoms with van der Waals surface area (Å²) in [5.74, 6) is -0.0625. The fourth-order valence-electron chi connectivity index (χ4n) is 3.25. The number of hydrogen-bond acceptors (Lipinski definition) is 2. The number of carboxylic acid groups (broad SMARTS) is 1. The van der Waals surface area contributed by atoms with Gasteiger partial charge in [0, 0.05) is 6.54 Å². The third kappa shape index (κ3) is 3.71. The molecule has 0 fully saturated rings. The summed E-state index contributed by atoms with van der Waals surface area (Å²) in [6.45, 7) is 2.59. The molecule has 0 bridgehead atoms. The highest BCUT2D eigenvalue weighted by molar-refractivity contribution is 5.92. The predicted molar refractivity (Wildman–Crippen MR) is 112 cm³/mol. The summed E-state index contributed by atoms with van der Waals surface area (Å²) in [5.41, 5.74) is 5.36. The van der Waals surface area contributed by atoms with Gasteiger partial charge in [0.15, 0.2) is 0 Å². The Morgan fingerprint density at radius 2 is 1.64 bits per heavy atom. The SMILES string of the molecule is Cc1nc2ccc(C(=O)O)cc2n1Cc1ccc(/C=C/c2ccccc2)cc1. The summed E-state index contributed by atoms with van der Waals surface area (Å²) < 4.78 is 2.05. The van der Waals surface area contributed by atoms with Crippen LogP contribution in [0.5, 0.6) is 0 Å². The molecule has 0 aliphatic heterocycles. The molecule has 1 N–H and O–H groups in total. The molecule has 4 aromatic rings. The number of hydrogen-bond donors (Lipinski definition) is 1. The van der Waals surface area contributed by atoms with Gasteiger partial charge in [0.25, 0.3) is 0 Å². The lowest BCUT2D eigenvalue weighted by molar-refractivity contribution is 0.0697. The van der Waals surface area contributed by atoms with E-state index in [9.17, 15) is 9.90 Å². The monoisotopic (exact) mass is 368 g/mol. The minimum Gasteiger partial charge on any atom is -0.478 e. The van der Waals surface area contributed by atoms with E-state index in [0.717, 1.165) is 28.0 Å². The number of carboxylic acids is 1. The van der Waals surface area contributed by atoms with Crippen molar-refractivity contribution in [3.63, 3.8) is 0 Å². The molecule has 0 radical (unpaired) electrons. The van der Waals surface area contributed by atoms with Crippen LogP contribution in [0.1, 0.15) is 32.9 Å². The van der Waals surface area contributed by atoms with E-state index < -0.39 is 5.97 Å². The number of aryl methyl sites for hydroxylation is 1. The number of aromatic carboxylic acids is 1. The van der Waals surface area contributed by atoms with Gasteiger partial charge in [-0.2, -0.15) is 0 Å². The van der Waals surface area contributed by atoms with Crippen molar-refractivity contribution in [1.82, 2.24) is 9.55 Å². The standard InChI is InChI=1S/C24H20N2O2/c1-17-25-22-14-13-21(24(27)28)15-23(22)26(17)16-20-11-9-19(10-12-20)8-7-18-5-3-2-4-6-18/h2-15H,16H2,1H3,(H,27,28)/b8-7+. The molecule has 0 aliphatic rings. The van der Waals surface area contributed by atoms with Crippen molar-refractivity contribution >= 4 is 29.2 Å². The van der Waals surface area contributed by atoms with E-state index in [0.29, 0.717) is 6.54 Å². The van der Waals surface area contributed by atoms with Gasteiger partial charge in [0.1, 0.15) is 5.82 Å². The molecule has 0 atom stereocenters. The second-order valence-corrected chi connectivity index (χ2v) is 6.74. The maximum absolute atomic E-state index is 11.3. The molecule has 4 nitrogen and oxygen atoms in total. The minimum atomic E-state index is -0.929. The smallest absolute Gasteiger partial charge is 0.335 e. The van der Waals surface area contributed by atoms with Gasteiger partial charge in [-0.3, -0.25) is 0 Å². The van der Waals surface area contributed by atoms with E-state index in [1.54, 1.807) is 18.2 Å². The van der Waals surface area contributed by atoms with Gasteiger partial charge < -0.3 is 9.67 Å². The zero-order valence-electron chi connectivity index (χ0n) is 15.5. The number of benzene rings is 3. The van der Waals surface area contributed by atoms with Gasteiger partial charge in [-0.05, 0) is 41.8 Å². The van der Waals surface area contributed by atoms with Crippen LogP contribution < -0.4 is 0 Å². The van der Waals surface area contributed by atoms with Gasteiger partial charge in [0.2, 0.25) is 0 Å². The fraction of sp³-hybridized carbons (Fsp3) is 0.0833. The van der Waals surface area contributed by atoms with Crippen LogP contribution in [0.15, 0.2) is 72.8 Å². The Morgan fingerprint density at radius 1 is 0.964 bits per heavy atom. The molecular formula is C24H20N2O2. The normalized spacial score (nSPS) is 11.3. The van der Waals surface area contributed by atoms with E-state index in [-0.39, 0.29) is 5.56 Å². The highest BCUT2D eigenvalue weighted by atomic mass is 16.4. The number of rotatable bonds is 5. The molecule has 0 amide bonds. The van der Waals surface area contributed by atoms with Gasteiger partial charge in [-0.1, -0.05) is 66.7 Å². The van der Waals surface area contributed by atoms with Crippen molar-refractivity contribution in [3.8, 4) is 0 Å². The van der Waals surface area contributed by atoms with E-state index in [1.165, 1.54) is 5.56 Å². The van der Waals surface area contributed by atoms with Crippen molar-refractivity contribution in [2.24, 2.45) is 0 Å². The first-order valence-electron chi connectivity index (χ1n) is 9.12. The maximum Gasteiger partial charge on any atom is 0.335 e. The summed E-state index contributed by atoms with van der Waals surface area (Å²) in [7, 11) is 0. The van der Waals surface area contributed by atoms with E-state index in [1.807, 2.05) is 25.1 Å². The first kappa shape index (κ1) is 17.7. The zero-order valence-corrected chi connectivity index (χ0v) is 15.5. The Bertz CT molecular complexity index is 1160. The summed E-state index contributed by atoms with van der Waals surface area (Å²) in [6, 6.07) is 23.6. The van der Waals surface area contributed by atoms with Crippen molar-refractivity contribution in [3.05, 3.63) is 101 Å². The first-order valence-corrected chi connectivity index (χ1v) is 9.12. The molecule has 0 spiro atoms. The average Bonchev–Trinajstić information content (AvgIpc) is 3.02. The molecular weight excluding hydrogens is 348 g/mol. The first-order chi connectivity index (χ1) is 13.6. The van der Waals surface area contributed by atoms with Crippen LogP contribution in [0.2, 0.25) is 0 Å². The Balaban J connectivity index is 1.58. The predicted octanol–water partition coefficient (Wildman–Crippen LogP) is 5.26. The lowest BCUT2D eigenvalue weighted by atomic mass is 10.1. The van der Waals surface area contributed by atoms with Crippen LogP contribution in [0.25, 0.3) is 23.2 Å². The fourth-order valence-corrected chi connectivity index (χ4v) is 3.25. The highest BCUT2D eigenvalue weighted by Crippen LogP contribution is 2.20. The third-order valence-corrected chi connectivity index (χ3v) is 4.77. The molecule has 4 heteroatoms. The molecule has 3 aromatic carbocycles. The van der Waals surface area contributed by atoms with Gasteiger partial charge in [-0.15, -0.1) is 0 Å². The third-order valence-electron chi connectivity index (χ3n) is 4.77. The molecule has 0 saturated heterocycles. The molecule has 4 rings (SSSR count). The van der Waals surface area contributed by atoms with E-state index in [4.69, 9.17) is 0 Å². The number of fused-ring (bicyclic) bond motifs is 1. The van der Waals surface area contributed by atoms with Crippen molar-refractivity contribution in [1.29, 1.82) is 0 Å². The van der Waals surface area contributed by atoms with Crippen LogP contribution in [-0.2, 0) is 6.54 Å².